The van der Waals surface area contributed by atoms with E-state index in [0.717, 1.165) is 4.90 Å². The molecule has 2 rings (SSSR count). The summed E-state index contributed by atoms with van der Waals surface area (Å²) in [6.45, 7) is -0.126. The lowest BCUT2D eigenvalue weighted by atomic mass is 9.89. The van der Waals surface area contributed by atoms with Crippen molar-refractivity contribution in [2.75, 3.05) is 13.1 Å². The smallest absolute Gasteiger partial charge is 0.334 e. The predicted molar refractivity (Wildman–Crippen MR) is 67.7 cm³/mol. The van der Waals surface area contributed by atoms with Gasteiger partial charge in [0.05, 0.1) is 4.92 Å². The molecule has 1 amide bonds. The molecule has 21 heavy (non-hydrogen) atoms. The van der Waals surface area contributed by atoms with Crippen LogP contribution in [0.5, 0.6) is 0 Å². The SMILES string of the molecule is O=C(N1CCCC(c2ccccc2[N+](=O)[O-])C1)C(F)(F)F. The first-order chi connectivity index (χ1) is 9.80. The van der Waals surface area contributed by atoms with Crippen molar-refractivity contribution in [3.05, 3.63) is 39.9 Å². The summed E-state index contributed by atoms with van der Waals surface area (Å²) in [5, 5.41) is 11.0. The normalized spacial score (nSPS) is 19.4. The van der Waals surface area contributed by atoms with Gasteiger partial charge >= 0.3 is 12.1 Å². The Labute approximate surface area is 118 Å². The van der Waals surface area contributed by atoms with Gasteiger partial charge in [-0.05, 0) is 12.8 Å². The third-order valence-corrected chi connectivity index (χ3v) is 3.52. The van der Waals surface area contributed by atoms with Crippen LogP contribution >= 0.6 is 0 Å². The van der Waals surface area contributed by atoms with Gasteiger partial charge < -0.3 is 4.90 Å². The van der Waals surface area contributed by atoms with E-state index in [4.69, 9.17) is 0 Å². The van der Waals surface area contributed by atoms with Gasteiger partial charge in [-0.1, -0.05) is 18.2 Å². The Morgan fingerprint density at radius 3 is 2.62 bits per heavy atom. The quantitative estimate of drug-likeness (QED) is 0.623. The summed E-state index contributed by atoms with van der Waals surface area (Å²) in [4.78, 5) is 22.4. The van der Waals surface area contributed by atoms with Crippen LogP contribution in [0.3, 0.4) is 0 Å². The number of para-hydroxylation sites is 1. The van der Waals surface area contributed by atoms with Crippen LogP contribution in [0.15, 0.2) is 24.3 Å². The van der Waals surface area contributed by atoms with Crippen molar-refractivity contribution in [2.45, 2.75) is 24.9 Å². The Balaban J connectivity index is 2.23. The lowest BCUT2D eigenvalue weighted by molar-refractivity contribution is -0.385. The molecule has 1 heterocycles. The molecule has 1 atom stereocenters. The number of carbonyl (C=O) groups is 1. The molecule has 0 bridgehead atoms. The summed E-state index contributed by atoms with van der Waals surface area (Å²) in [6, 6.07) is 5.96. The number of alkyl halides is 3. The molecule has 1 fully saturated rings. The van der Waals surface area contributed by atoms with Gasteiger partial charge in [-0.2, -0.15) is 13.2 Å². The fourth-order valence-corrected chi connectivity index (χ4v) is 2.59. The number of rotatable bonds is 2. The highest BCUT2D eigenvalue weighted by Gasteiger charge is 2.44. The number of hydrogen-bond acceptors (Lipinski definition) is 3. The van der Waals surface area contributed by atoms with E-state index >= 15 is 0 Å². The van der Waals surface area contributed by atoms with E-state index in [2.05, 4.69) is 0 Å². The molecule has 1 aromatic rings. The van der Waals surface area contributed by atoms with Gasteiger partial charge in [0.15, 0.2) is 0 Å². The van der Waals surface area contributed by atoms with Gasteiger partial charge in [-0.15, -0.1) is 0 Å². The lowest BCUT2D eigenvalue weighted by Gasteiger charge is -2.33. The third kappa shape index (κ3) is 3.32. The molecule has 1 saturated heterocycles. The van der Waals surface area contributed by atoms with Crippen molar-refractivity contribution in [3.8, 4) is 0 Å². The second-order valence-electron chi connectivity index (χ2n) is 4.90. The number of hydrogen-bond donors (Lipinski definition) is 0. The average Bonchev–Trinajstić information content (AvgIpc) is 2.45. The number of nitro benzene ring substituents is 1. The number of likely N-dealkylation sites (tertiary alicyclic amines) is 1. The van der Waals surface area contributed by atoms with Crippen LogP contribution in [0.1, 0.15) is 24.3 Å². The second kappa shape index (κ2) is 5.71. The summed E-state index contributed by atoms with van der Waals surface area (Å²) in [6.07, 6.45) is -4.00. The van der Waals surface area contributed by atoms with E-state index in [9.17, 15) is 28.1 Å². The summed E-state index contributed by atoms with van der Waals surface area (Å²) < 4.78 is 37.4. The monoisotopic (exact) mass is 302 g/mol. The largest absolute Gasteiger partial charge is 0.471 e. The molecular formula is C13H13F3N2O3. The third-order valence-electron chi connectivity index (χ3n) is 3.52. The van der Waals surface area contributed by atoms with Crippen molar-refractivity contribution >= 4 is 11.6 Å². The molecule has 0 aromatic heterocycles. The zero-order valence-electron chi connectivity index (χ0n) is 11.0. The maximum Gasteiger partial charge on any atom is 0.471 e. The molecule has 0 radical (unpaired) electrons. The van der Waals surface area contributed by atoms with Gasteiger partial charge in [0.25, 0.3) is 5.69 Å². The molecule has 8 heteroatoms. The Hall–Kier alpha value is -2.12. The number of piperidine rings is 1. The zero-order chi connectivity index (χ0) is 15.6. The zero-order valence-corrected chi connectivity index (χ0v) is 11.0. The van der Waals surface area contributed by atoms with E-state index < -0.39 is 22.9 Å². The van der Waals surface area contributed by atoms with Crippen molar-refractivity contribution in [1.82, 2.24) is 4.90 Å². The summed E-state index contributed by atoms with van der Waals surface area (Å²) >= 11 is 0. The molecule has 0 spiro atoms. The highest BCUT2D eigenvalue weighted by Crippen LogP contribution is 2.34. The topological polar surface area (TPSA) is 63.5 Å². The fraction of sp³-hybridized carbons (Fsp3) is 0.462. The Morgan fingerprint density at radius 2 is 2.00 bits per heavy atom. The molecule has 114 valence electrons. The van der Waals surface area contributed by atoms with Crippen molar-refractivity contribution in [2.24, 2.45) is 0 Å². The van der Waals surface area contributed by atoms with E-state index in [0.29, 0.717) is 18.4 Å². The first-order valence-electron chi connectivity index (χ1n) is 6.40. The van der Waals surface area contributed by atoms with Crippen LogP contribution in [-0.4, -0.2) is 35.0 Å². The molecular weight excluding hydrogens is 289 g/mol. The van der Waals surface area contributed by atoms with Crippen LogP contribution in [0.4, 0.5) is 18.9 Å². The highest BCUT2D eigenvalue weighted by molar-refractivity contribution is 5.82. The highest BCUT2D eigenvalue weighted by atomic mass is 19.4. The van der Waals surface area contributed by atoms with Crippen LogP contribution < -0.4 is 0 Å². The predicted octanol–water partition coefficient (Wildman–Crippen LogP) is 2.86. The van der Waals surface area contributed by atoms with Crippen molar-refractivity contribution in [1.29, 1.82) is 0 Å². The number of nitrogens with zero attached hydrogens (tertiary/aromatic N) is 2. The molecule has 5 nitrogen and oxygen atoms in total. The van der Waals surface area contributed by atoms with Crippen LogP contribution in [0.25, 0.3) is 0 Å². The van der Waals surface area contributed by atoms with E-state index in [1.54, 1.807) is 6.07 Å². The van der Waals surface area contributed by atoms with Crippen LogP contribution in [-0.2, 0) is 4.79 Å². The Kier molecular flexibility index (Phi) is 4.15. The van der Waals surface area contributed by atoms with Gasteiger partial charge in [-0.3, -0.25) is 14.9 Å². The minimum atomic E-state index is -4.91. The van der Waals surface area contributed by atoms with Gasteiger partial charge in [0.1, 0.15) is 0 Å². The molecule has 1 aromatic carbocycles. The van der Waals surface area contributed by atoms with Gasteiger partial charge in [0, 0.05) is 30.6 Å². The first kappa shape index (κ1) is 15.3. The number of benzene rings is 1. The minimum absolute atomic E-state index is 0.0233. The molecule has 1 aliphatic heterocycles. The molecule has 0 saturated carbocycles. The Morgan fingerprint density at radius 1 is 1.33 bits per heavy atom. The maximum atomic E-state index is 12.5. The van der Waals surface area contributed by atoms with E-state index in [1.165, 1.54) is 18.2 Å². The number of amides is 1. The standard InChI is InChI=1S/C13H13F3N2O3/c14-13(15,16)12(19)17-7-3-4-9(8-17)10-5-1-2-6-11(10)18(20)21/h1-2,5-6,9H,3-4,7-8H2. The van der Waals surface area contributed by atoms with Crippen molar-refractivity contribution < 1.29 is 22.9 Å². The summed E-state index contributed by atoms with van der Waals surface area (Å²) in [5.41, 5.74) is 0.256. The van der Waals surface area contributed by atoms with Gasteiger partial charge in [0.2, 0.25) is 0 Å². The molecule has 1 aliphatic rings. The van der Waals surface area contributed by atoms with Gasteiger partial charge in [-0.25, -0.2) is 0 Å². The maximum absolute atomic E-state index is 12.5. The Bertz CT molecular complexity index is 560. The number of carbonyl (C=O) groups excluding carboxylic acids is 1. The molecule has 0 aliphatic carbocycles. The second-order valence-corrected chi connectivity index (χ2v) is 4.90. The first-order valence-corrected chi connectivity index (χ1v) is 6.40. The average molecular weight is 302 g/mol. The fourth-order valence-electron chi connectivity index (χ4n) is 2.59. The number of halogens is 3. The summed E-state index contributed by atoms with van der Waals surface area (Å²) in [5.74, 6) is -2.34. The molecule has 1 unspecified atom stereocenters. The van der Waals surface area contributed by atoms with E-state index in [1.807, 2.05) is 0 Å². The van der Waals surface area contributed by atoms with E-state index in [-0.39, 0.29) is 18.8 Å². The van der Waals surface area contributed by atoms with Crippen LogP contribution in [0, 0.1) is 10.1 Å². The van der Waals surface area contributed by atoms with Crippen molar-refractivity contribution in [3.63, 3.8) is 0 Å². The molecule has 0 N–H and O–H groups in total. The minimum Gasteiger partial charge on any atom is -0.334 e. The lowest BCUT2D eigenvalue weighted by Crippen LogP contribution is -2.45. The number of nitro groups is 1. The summed E-state index contributed by atoms with van der Waals surface area (Å²) in [7, 11) is 0. The van der Waals surface area contributed by atoms with Crippen LogP contribution in [0.2, 0.25) is 0 Å².